The van der Waals surface area contributed by atoms with Gasteiger partial charge in [-0.15, -0.1) is 0 Å². The zero-order chi connectivity index (χ0) is 23.1. The third-order valence-electron chi connectivity index (χ3n) is 6.18. The summed E-state index contributed by atoms with van der Waals surface area (Å²) in [6, 6.07) is 13.3. The molecule has 0 aliphatic heterocycles. The summed E-state index contributed by atoms with van der Waals surface area (Å²) in [6.45, 7) is 6.23. The van der Waals surface area contributed by atoms with E-state index in [0.717, 1.165) is 46.8 Å². The van der Waals surface area contributed by atoms with Crippen LogP contribution in [0, 0.1) is 13.8 Å². The van der Waals surface area contributed by atoms with E-state index in [2.05, 4.69) is 21.2 Å². The summed E-state index contributed by atoms with van der Waals surface area (Å²) >= 11 is 3.48. The molecule has 2 aromatic rings. The lowest BCUT2D eigenvalue weighted by Gasteiger charge is -2.32. The summed E-state index contributed by atoms with van der Waals surface area (Å²) in [5.41, 5.74) is 3.17. The first-order chi connectivity index (χ1) is 15.4. The number of hydrogen-bond donors (Lipinski definition) is 1. The molecule has 1 aliphatic carbocycles. The second kappa shape index (κ2) is 11.5. The van der Waals surface area contributed by atoms with Crippen LogP contribution in [0.3, 0.4) is 0 Å². The van der Waals surface area contributed by atoms with Gasteiger partial charge in [0.15, 0.2) is 6.61 Å². The van der Waals surface area contributed by atoms with Crippen LogP contribution in [0.4, 0.5) is 0 Å². The van der Waals surface area contributed by atoms with Crippen LogP contribution in [0.2, 0.25) is 0 Å². The van der Waals surface area contributed by atoms with Crippen molar-refractivity contribution in [3.05, 3.63) is 63.6 Å². The van der Waals surface area contributed by atoms with Crippen molar-refractivity contribution in [1.29, 1.82) is 0 Å². The molecule has 0 bridgehead atoms. The Hall–Kier alpha value is -2.34. The highest BCUT2D eigenvalue weighted by molar-refractivity contribution is 9.10. The molecular formula is C26H33BrN2O3. The normalized spacial score (nSPS) is 14.8. The number of rotatable bonds is 9. The minimum absolute atomic E-state index is 0.0687. The molecule has 1 atom stereocenters. The number of benzene rings is 2. The number of hydrogen-bond acceptors (Lipinski definition) is 3. The molecule has 0 saturated heterocycles. The molecule has 0 aromatic heterocycles. The Kier molecular flexibility index (Phi) is 8.74. The first-order valence-electron chi connectivity index (χ1n) is 11.4. The van der Waals surface area contributed by atoms with Gasteiger partial charge in [-0.1, -0.05) is 60.0 Å². The second-order valence-corrected chi connectivity index (χ2v) is 9.42. The third-order valence-corrected chi connectivity index (χ3v) is 7.07. The van der Waals surface area contributed by atoms with Crippen molar-refractivity contribution in [3.63, 3.8) is 0 Å². The Labute approximate surface area is 199 Å². The standard InChI is InChI=1S/C26H33BrN2O3/c1-4-24(26(31)28-21-11-7-8-12-21)29(16-20-10-6-5-9-18(20)2)25(30)17-32-22-13-14-23(27)19(3)15-22/h5-6,9-10,13-15,21,24H,4,7-8,11-12,16-17H2,1-3H3,(H,28,31)/t24-/m0/s1. The van der Waals surface area contributed by atoms with Gasteiger partial charge in [0.05, 0.1) is 0 Å². The van der Waals surface area contributed by atoms with Gasteiger partial charge in [0.25, 0.3) is 5.91 Å². The van der Waals surface area contributed by atoms with E-state index in [0.29, 0.717) is 18.7 Å². The van der Waals surface area contributed by atoms with E-state index in [1.807, 2.05) is 63.2 Å². The molecule has 1 saturated carbocycles. The van der Waals surface area contributed by atoms with Crippen molar-refractivity contribution < 1.29 is 14.3 Å². The predicted molar refractivity (Wildman–Crippen MR) is 131 cm³/mol. The van der Waals surface area contributed by atoms with Crippen LogP contribution in [0.25, 0.3) is 0 Å². The molecule has 6 heteroatoms. The number of nitrogens with zero attached hydrogens (tertiary/aromatic N) is 1. The van der Waals surface area contributed by atoms with Crippen LogP contribution < -0.4 is 10.1 Å². The monoisotopic (exact) mass is 500 g/mol. The number of aryl methyl sites for hydroxylation is 2. The van der Waals surface area contributed by atoms with Crippen molar-refractivity contribution in [1.82, 2.24) is 10.2 Å². The first-order valence-corrected chi connectivity index (χ1v) is 12.2. The average Bonchev–Trinajstić information content (AvgIpc) is 3.28. The molecule has 2 aromatic carbocycles. The van der Waals surface area contributed by atoms with Crippen LogP contribution in [0.5, 0.6) is 5.75 Å². The number of carbonyl (C=O) groups excluding carboxylic acids is 2. The quantitative estimate of drug-likeness (QED) is 0.507. The van der Waals surface area contributed by atoms with Crippen LogP contribution >= 0.6 is 15.9 Å². The summed E-state index contributed by atoms with van der Waals surface area (Å²) in [4.78, 5) is 28.2. The molecule has 0 radical (unpaired) electrons. The summed E-state index contributed by atoms with van der Waals surface area (Å²) in [6.07, 6.45) is 4.87. The molecule has 32 heavy (non-hydrogen) atoms. The van der Waals surface area contributed by atoms with Gasteiger partial charge in [0.1, 0.15) is 11.8 Å². The minimum Gasteiger partial charge on any atom is -0.484 e. The van der Waals surface area contributed by atoms with Crippen LogP contribution in [-0.4, -0.2) is 35.4 Å². The third kappa shape index (κ3) is 6.35. The lowest BCUT2D eigenvalue weighted by Crippen LogP contribution is -2.52. The minimum atomic E-state index is -0.530. The Morgan fingerprint density at radius 2 is 1.84 bits per heavy atom. The predicted octanol–water partition coefficient (Wildman–Crippen LogP) is 5.31. The zero-order valence-electron chi connectivity index (χ0n) is 19.2. The number of ether oxygens (including phenoxy) is 1. The highest BCUT2D eigenvalue weighted by Crippen LogP contribution is 2.23. The van der Waals surface area contributed by atoms with Gasteiger partial charge >= 0.3 is 0 Å². The fraction of sp³-hybridized carbons (Fsp3) is 0.462. The number of nitrogens with one attached hydrogen (secondary N) is 1. The summed E-state index contributed by atoms with van der Waals surface area (Å²) in [5.74, 6) is 0.376. The van der Waals surface area contributed by atoms with E-state index in [1.54, 1.807) is 4.90 Å². The molecule has 3 rings (SSSR count). The summed E-state index contributed by atoms with van der Waals surface area (Å²) in [5, 5.41) is 3.17. The van der Waals surface area contributed by atoms with Crippen LogP contribution in [0.1, 0.15) is 55.7 Å². The molecule has 1 N–H and O–H groups in total. The maximum Gasteiger partial charge on any atom is 0.261 e. The van der Waals surface area contributed by atoms with Crippen molar-refractivity contribution in [2.45, 2.75) is 71.5 Å². The van der Waals surface area contributed by atoms with Gasteiger partial charge in [-0.05, 0) is 68.0 Å². The Bertz CT molecular complexity index is 940. The van der Waals surface area contributed by atoms with Crippen molar-refractivity contribution in [2.75, 3.05) is 6.61 Å². The van der Waals surface area contributed by atoms with E-state index >= 15 is 0 Å². The molecular weight excluding hydrogens is 468 g/mol. The van der Waals surface area contributed by atoms with Gasteiger partial charge < -0.3 is 15.0 Å². The van der Waals surface area contributed by atoms with Gasteiger partial charge in [-0.25, -0.2) is 0 Å². The van der Waals surface area contributed by atoms with Crippen molar-refractivity contribution in [2.24, 2.45) is 0 Å². The molecule has 1 fully saturated rings. The fourth-order valence-electron chi connectivity index (χ4n) is 4.19. The number of amides is 2. The molecule has 172 valence electrons. The van der Waals surface area contributed by atoms with Crippen LogP contribution in [-0.2, 0) is 16.1 Å². The second-order valence-electron chi connectivity index (χ2n) is 8.56. The first kappa shape index (κ1) is 24.3. The largest absolute Gasteiger partial charge is 0.484 e. The highest BCUT2D eigenvalue weighted by atomic mass is 79.9. The maximum atomic E-state index is 13.3. The topological polar surface area (TPSA) is 58.6 Å². The maximum absolute atomic E-state index is 13.3. The Balaban J connectivity index is 1.77. The van der Waals surface area contributed by atoms with E-state index in [4.69, 9.17) is 4.74 Å². The molecule has 0 unspecified atom stereocenters. The highest BCUT2D eigenvalue weighted by Gasteiger charge is 2.31. The number of halogens is 1. The Morgan fingerprint density at radius 1 is 1.12 bits per heavy atom. The van der Waals surface area contributed by atoms with Crippen molar-refractivity contribution in [3.8, 4) is 5.75 Å². The Morgan fingerprint density at radius 3 is 2.50 bits per heavy atom. The van der Waals surface area contributed by atoms with Gasteiger partial charge in [0.2, 0.25) is 5.91 Å². The fourth-order valence-corrected chi connectivity index (χ4v) is 4.44. The van der Waals surface area contributed by atoms with E-state index < -0.39 is 6.04 Å². The lowest BCUT2D eigenvalue weighted by atomic mass is 10.1. The lowest BCUT2D eigenvalue weighted by molar-refractivity contribution is -0.143. The summed E-state index contributed by atoms with van der Waals surface area (Å²) < 4.78 is 6.81. The molecule has 0 heterocycles. The molecule has 2 amide bonds. The average molecular weight is 501 g/mol. The summed E-state index contributed by atoms with van der Waals surface area (Å²) in [7, 11) is 0. The van der Waals surface area contributed by atoms with Crippen molar-refractivity contribution >= 4 is 27.7 Å². The van der Waals surface area contributed by atoms with Gasteiger partial charge in [0, 0.05) is 17.1 Å². The van der Waals surface area contributed by atoms with Gasteiger partial charge in [-0.2, -0.15) is 0 Å². The van der Waals surface area contributed by atoms with E-state index in [1.165, 1.54) is 0 Å². The number of carbonyl (C=O) groups is 2. The smallest absolute Gasteiger partial charge is 0.261 e. The van der Waals surface area contributed by atoms with Gasteiger partial charge in [-0.3, -0.25) is 9.59 Å². The molecule has 1 aliphatic rings. The zero-order valence-corrected chi connectivity index (χ0v) is 20.8. The molecule has 0 spiro atoms. The van der Waals surface area contributed by atoms with Crippen LogP contribution in [0.15, 0.2) is 46.9 Å². The molecule has 5 nitrogen and oxygen atoms in total. The SMILES string of the molecule is CC[C@@H](C(=O)NC1CCCC1)N(Cc1ccccc1C)C(=O)COc1ccc(Br)c(C)c1. The van der Waals surface area contributed by atoms with E-state index in [-0.39, 0.29) is 24.5 Å². The van der Waals surface area contributed by atoms with E-state index in [9.17, 15) is 9.59 Å².